The third-order valence-corrected chi connectivity index (χ3v) is 7.30. The summed E-state index contributed by atoms with van der Waals surface area (Å²) in [5.74, 6) is -0.530. The molecule has 2 nitrogen and oxygen atoms in total. The van der Waals surface area contributed by atoms with Gasteiger partial charge in [0.15, 0.2) is 0 Å². The van der Waals surface area contributed by atoms with Crippen molar-refractivity contribution in [2.75, 3.05) is 0 Å². The number of nitrogens with zero attached hydrogens (tertiary/aromatic N) is 1. The van der Waals surface area contributed by atoms with Gasteiger partial charge in [-0.25, -0.2) is 18.2 Å². The molecule has 1 heterocycles. The fraction of sp³-hybridized carbons (Fsp3) is 0.480. The molecule has 0 spiro atoms. The third-order valence-electron chi connectivity index (χ3n) is 6.37. The van der Waals surface area contributed by atoms with Crippen LogP contribution in [0.5, 0.6) is 5.19 Å². The van der Waals surface area contributed by atoms with Crippen LogP contribution in [0.25, 0.3) is 10.2 Å². The highest BCUT2D eigenvalue weighted by atomic mass is 32.1. The molecule has 0 bridgehead atoms. The summed E-state index contributed by atoms with van der Waals surface area (Å²) in [5, 5.41) is 0.268. The summed E-state index contributed by atoms with van der Waals surface area (Å²) in [5.41, 5.74) is 1.26. The molecule has 3 aromatic rings. The number of unbranched alkanes of at least 4 members (excludes halogenated alkanes) is 2. The molecule has 0 N–H and O–H groups in total. The second-order valence-electron chi connectivity index (χ2n) is 8.56. The maximum absolute atomic E-state index is 14.7. The van der Waals surface area contributed by atoms with E-state index in [9.17, 15) is 13.2 Å². The van der Waals surface area contributed by atoms with Crippen LogP contribution in [0.15, 0.2) is 30.3 Å². The van der Waals surface area contributed by atoms with Crippen molar-refractivity contribution in [1.82, 2.24) is 4.98 Å². The van der Waals surface area contributed by atoms with Crippen molar-refractivity contribution < 1.29 is 17.9 Å². The van der Waals surface area contributed by atoms with Crippen molar-refractivity contribution in [1.29, 1.82) is 0 Å². The Morgan fingerprint density at radius 2 is 1.74 bits per heavy atom. The summed E-state index contributed by atoms with van der Waals surface area (Å²) in [7, 11) is 0. The van der Waals surface area contributed by atoms with Gasteiger partial charge in [-0.1, -0.05) is 43.9 Å². The van der Waals surface area contributed by atoms with E-state index in [0.717, 1.165) is 48.5 Å². The van der Waals surface area contributed by atoms with E-state index in [0.29, 0.717) is 10.2 Å². The van der Waals surface area contributed by atoms with Crippen molar-refractivity contribution in [2.45, 2.75) is 70.8 Å². The molecule has 1 aliphatic carbocycles. The van der Waals surface area contributed by atoms with Gasteiger partial charge >= 0.3 is 0 Å². The minimum Gasteiger partial charge on any atom is -0.465 e. The fourth-order valence-electron chi connectivity index (χ4n) is 4.54. The predicted molar refractivity (Wildman–Crippen MR) is 119 cm³/mol. The molecule has 0 saturated heterocycles. The summed E-state index contributed by atoms with van der Waals surface area (Å²) >= 11 is 1.16. The molecule has 1 saturated carbocycles. The molecule has 0 atom stereocenters. The number of rotatable bonds is 8. The predicted octanol–water partition coefficient (Wildman–Crippen LogP) is 8.15. The summed E-state index contributed by atoms with van der Waals surface area (Å²) < 4.78 is 48.9. The topological polar surface area (TPSA) is 22.1 Å². The lowest BCUT2D eigenvalue weighted by atomic mass is 9.77. The van der Waals surface area contributed by atoms with Gasteiger partial charge in [-0.2, -0.15) is 0 Å². The van der Waals surface area contributed by atoms with Crippen molar-refractivity contribution in [3.05, 3.63) is 58.9 Å². The van der Waals surface area contributed by atoms with Gasteiger partial charge in [0.1, 0.15) is 24.1 Å². The molecule has 0 aliphatic heterocycles. The summed E-state index contributed by atoms with van der Waals surface area (Å²) in [6.45, 7) is 1.97. The van der Waals surface area contributed by atoms with Crippen LogP contribution in [0.4, 0.5) is 13.2 Å². The molecule has 31 heavy (non-hydrogen) atoms. The van der Waals surface area contributed by atoms with Crippen LogP contribution >= 0.6 is 11.3 Å². The molecule has 4 rings (SSSR count). The molecule has 0 amide bonds. The Hall–Kier alpha value is -2.08. The average molecular weight is 448 g/mol. The Morgan fingerprint density at radius 3 is 2.45 bits per heavy atom. The van der Waals surface area contributed by atoms with Crippen molar-refractivity contribution >= 4 is 21.6 Å². The molecule has 1 fully saturated rings. The van der Waals surface area contributed by atoms with Gasteiger partial charge in [-0.15, -0.1) is 0 Å². The molecule has 2 aromatic carbocycles. The first-order chi connectivity index (χ1) is 15.0. The zero-order valence-corrected chi connectivity index (χ0v) is 18.6. The Bertz CT molecular complexity index is 1000. The van der Waals surface area contributed by atoms with Crippen molar-refractivity contribution in [3.8, 4) is 5.19 Å². The smallest absolute Gasteiger partial charge is 0.274 e. The van der Waals surface area contributed by atoms with Gasteiger partial charge < -0.3 is 4.74 Å². The highest BCUT2D eigenvalue weighted by molar-refractivity contribution is 7.20. The molecular formula is C25H28F3NOS. The van der Waals surface area contributed by atoms with Gasteiger partial charge in [0.05, 0.1) is 15.8 Å². The van der Waals surface area contributed by atoms with Gasteiger partial charge in [-0.3, -0.25) is 0 Å². The van der Waals surface area contributed by atoms with E-state index in [1.54, 1.807) is 6.07 Å². The second kappa shape index (κ2) is 10.0. The van der Waals surface area contributed by atoms with E-state index >= 15 is 0 Å². The van der Waals surface area contributed by atoms with Gasteiger partial charge in [0, 0.05) is 0 Å². The SMILES string of the molecule is CCCCCC1CCC(c2cc(F)c(COc3nc4ccc(F)cc4s3)c(F)c2)CC1. The summed E-state index contributed by atoms with van der Waals surface area (Å²) in [4.78, 5) is 4.24. The van der Waals surface area contributed by atoms with Crippen molar-refractivity contribution in [3.63, 3.8) is 0 Å². The zero-order valence-electron chi connectivity index (χ0n) is 17.8. The van der Waals surface area contributed by atoms with Crippen LogP contribution in [0.1, 0.15) is 75.3 Å². The summed E-state index contributed by atoms with van der Waals surface area (Å²) in [6, 6.07) is 7.19. The Kier molecular flexibility index (Phi) is 7.16. The Labute approximate surface area is 185 Å². The molecule has 0 radical (unpaired) electrons. The zero-order chi connectivity index (χ0) is 21.8. The van der Waals surface area contributed by atoms with Gasteiger partial charge in [-0.05, 0) is 73.4 Å². The minimum absolute atomic E-state index is 0.0950. The van der Waals surface area contributed by atoms with E-state index in [-0.39, 0.29) is 29.1 Å². The van der Waals surface area contributed by atoms with Crippen molar-refractivity contribution in [2.24, 2.45) is 5.92 Å². The number of benzene rings is 2. The molecule has 1 aromatic heterocycles. The molecular weight excluding hydrogens is 419 g/mol. The fourth-order valence-corrected chi connectivity index (χ4v) is 5.38. The number of fused-ring (bicyclic) bond motifs is 1. The van der Waals surface area contributed by atoms with E-state index in [2.05, 4.69) is 11.9 Å². The van der Waals surface area contributed by atoms with E-state index in [1.165, 1.54) is 49.9 Å². The minimum atomic E-state index is -0.577. The van der Waals surface area contributed by atoms with E-state index in [4.69, 9.17) is 4.74 Å². The number of hydrogen-bond acceptors (Lipinski definition) is 3. The number of thiazole rings is 1. The first-order valence-corrected chi connectivity index (χ1v) is 12.0. The van der Waals surface area contributed by atoms with Crippen LogP contribution < -0.4 is 4.74 Å². The lowest BCUT2D eigenvalue weighted by Gasteiger charge is -2.29. The van der Waals surface area contributed by atoms with E-state index in [1.807, 2.05) is 0 Å². The number of hydrogen-bond donors (Lipinski definition) is 0. The number of ether oxygens (including phenoxy) is 1. The first kappa shape index (κ1) is 22.1. The highest BCUT2D eigenvalue weighted by Crippen LogP contribution is 2.38. The lowest BCUT2D eigenvalue weighted by molar-refractivity contribution is 0.289. The average Bonchev–Trinajstić information content (AvgIpc) is 3.15. The van der Waals surface area contributed by atoms with E-state index < -0.39 is 11.6 Å². The number of aromatic nitrogens is 1. The quantitative estimate of drug-likeness (QED) is 0.325. The maximum Gasteiger partial charge on any atom is 0.274 e. The standard InChI is InChI=1S/C25H28F3NOS/c1-2-3-4-5-16-6-8-17(9-7-16)18-12-21(27)20(22(28)13-18)15-30-25-29-23-11-10-19(26)14-24(23)31-25/h10-14,16-17H,2-9,15H2,1H3. The molecule has 166 valence electrons. The van der Waals surface area contributed by atoms with Crippen LogP contribution in [0.3, 0.4) is 0 Å². The monoisotopic (exact) mass is 447 g/mol. The second-order valence-corrected chi connectivity index (χ2v) is 9.55. The van der Waals surface area contributed by atoms with Gasteiger partial charge in [0.2, 0.25) is 0 Å². The van der Waals surface area contributed by atoms with Gasteiger partial charge in [0.25, 0.3) is 5.19 Å². The first-order valence-electron chi connectivity index (χ1n) is 11.2. The maximum atomic E-state index is 14.7. The van der Waals surface area contributed by atoms with Crippen LogP contribution in [-0.2, 0) is 6.61 Å². The normalized spacial score (nSPS) is 19.1. The Morgan fingerprint density at radius 1 is 1.00 bits per heavy atom. The summed E-state index contributed by atoms with van der Waals surface area (Å²) in [6.07, 6.45) is 9.35. The third kappa shape index (κ3) is 5.40. The lowest BCUT2D eigenvalue weighted by Crippen LogP contribution is -2.14. The molecule has 0 unspecified atom stereocenters. The molecule has 1 aliphatic rings. The Balaban J connectivity index is 1.38. The molecule has 6 heteroatoms. The van der Waals surface area contributed by atoms with Crippen LogP contribution in [0.2, 0.25) is 0 Å². The van der Waals surface area contributed by atoms with Crippen LogP contribution in [0, 0.1) is 23.4 Å². The largest absolute Gasteiger partial charge is 0.465 e. The highest BCUT2D eigenvalue weighted by Gasteiger charge is 2.24. The van der Waals surface area contributed by atoms with Crippen LogP contribution in [-0.4, -0.2) is 4.98 Å². The number of halogens is 3.